The number of fused-ring (bicyclic) bond motifs is 1. The molecule has 0 aromatic heterocycles. The fourth-order valence-electron chi connectivity index (χ4n) is 2.52. The zero-order chi connectivity index (χ0) is 12.6. The van der Waals surface area contributed by atoms with E-state index in [0.717, 1.165) is 23.5 Å². The van der Waals surface area contributed by atoms with Gasteiger partial charge in [-0.3, -0.25) is 4.79 Å². The molecule has 4 heteroatoms. The third-order valence-electron chi connectivity index (χ3n) is 3.67. The first-order valence-corrected chi connectivity index (χ1v) is 6.34. The molecule has 1 aromatic carbocycles. The van der Waals surface area contributed by atoms with Crippen molar-refractivity contribution in [1.29, 1.82) is 0 Å². The Labute approximate surface area is 106 Å². The molecule has 1 N–H and O–H groups in total. The van der Waals surface area contributed by atoms with Crippen LogP contribution in [0.2, 0.25) is 0 Å². The van der Waals surface area contributed by atoms with Crippen molar-refractivity contribution in [2.75, 3.05) is 19.8 Å². The van der Waals surface area contributed by atoms with Gasteiger partial charge in [0, 0.05) is 24.8 Å². The highest BCUT2D eigenvalue weighted by Crippen LogP contribution is 2.37. The largest absolute Gasteiger partial charge is 0.490 e. The minimum Gasteiger partial charge on any atom is -0.490 e. The number of amides is 1. The van der Waals surface area contributed by atoms with Crippen LogP contribution in [0.3, 0.4) is 0 Å². The normalized spacial score (nSPS) is 26.6. The summed E-state index contributed by atoms with van der Waals surface area (Å²) >= 11 is 0. The number of carbonyl (C=O) groups is 1. The lowest BCUT2D eigenvalue weighted by molar-refractivity contribution is -0.119. The van der Waals surface area contributed by atoms with Crippen molar-refractivity contribution >= 4 is 5.91 Å². The molecule has 2 aliphatic rings. The van der Waals surface area contributed by atoms with Gasteiger partial charge in [0.15, 0.2) is 11.5 Å². The molecule has 1 amide bonds. The molecule has 2 aliphatic heterocycles. The van der Waals surface area contributed by atoms with Crippen LogP contribution in [0.1, 0.15) is 25.3 Å². The van der Waals surface area contributed by atoms with Crippen molar-refractivity contribution in [3.8, 4) is 11.5 Å². The van der Waals surface area contributed by atoms with Gasteiger partial charge in [0.05, 0.1) is 13.2 Å². The van der Waals surface area contributed by atoms with Crippen LogP contribution in [-0.2, 0) is 10.2 Å². The summed E-state index contributed by atoms with van der Waals surface area (Å²) in [6, 6.07) is 6.00. The van der Waals surface area contributed by atoms with E-state index >= 15 is 0 Å². The number of nitrogens with one attached hydrogen (secondary N) is 1. The van der Waals surface area contributed by atoms with E-state index in [9.17, 15) is 4.79 Å². The van der Waals surface area contributed by atoms with Gasteiger partial charge in [0.1, 0.15) is 0 Å². The number of hydrogen-bond donors (Lipinski definition) is 1. The number of carbonyl (C=O) groups excluding carboxylic acids is 1. The summed E-state index contributed by atoms with van der Waals surface area (Å²) < 4.78 is 11.3. The first kappa shape index (κ1) is 11.4. The summed E-state index contributed by atoms with van der Waals surface area (Å²) in [7, 11) is 0. The zero-order valence-electron chi connectivity index (χ0n) is 10.5. The summed E-state index contributed by atoms with van der Waals surface area (Å²) in [5.41, 5.74) is 0.993. The Balaban J connectivity index is 1.94. The SMILES string of the molecule is CC1(c2ccc3c(c2)OCCCO3)CNC(=O)C1. The van der Waals surface area contributed by atoms with Gasteiger partial charge >= 0.3 is 0 Å². The van der Waals surface area contributed by atoms with E-state index in [1.807, 2.05) is 18.2 Å². The van der Waals surface area contributed by atoms with E-state index < -0.39 is 0 Å². The second-order valence-electron chi connectivity index (χ2n) is 5.23. The monoisotopic (exact) mass is 247 g/mol. The molecule has 1 saturated heterocycles. The first-order chi connectivity index (χ1) is 8.67. The van der Waals surface area contributed by atoms with Crippen LogP contribution in [0.5, 0.6) is 11.5 Å². The van der Waals surface area contributed by atoms with Gasteiger partial charge < -0.3 is 14.8 Å². The standard InChI is InChI=1S/C14H17NO3/c1-14(8-13(16)15-9-14)10-3-4-11-12(7-10)18-6-2-5-17-11/h3-4,7H,2,5-6,8-9H2,1H3,(H,15,16). The van der Waals surface area contributed by atoms with Gasteiger partial charge in [-0.05, 0) is 17.7 Å². The lowest BCUT2D eigenvalue weighted by Crippen LogP contribution is -2.24. The number of benzene rings is 1. The van der Waals surface area contributed by atoms with Crippen LogP contribution in [0.15, 0.2) is 18.2 Å². The second kappa shape index (κ2) is 4.19. The highest BCUT2D eigenvalue weighted by Gasteiger charge is 2.36. The molecule has 3 rings (SSSR count). The minimum atomic E-state index is -0.137. The summed E-state index contributed by atoms with van der Waals surface area (Å²) in [6.07, 6.45) is 1.44. The molecular weight excluding hydrogens is 230 g/mol. The Bertz CT molecular complexity index is 486. The van der Waals surface area contributed by atoms with Crippen molar-refractivity contribution < 1.29 is 14.3 Å². The summed E-state index contributed by atoms with van der Waals surface area (Å²) in [4.78, 5) is 11.4. The molecule has 0 aliphatic carbocycles. The highest BCUT2D eigenvalue weighted by molar-refractivity contribution is 5.80. The molecule has 1 atom stereocenters. The first-order valence-electron chi connectivity index (χ1n) is 6.34. The molecule has 18 heavy (non-hydrogen) atoms. The number of ether oxygens (including phenoxy) is 2. The molecule has 0 radical (unpaired) electrons. The van der Waals surface area contributed by atoms with Crippen molar-refractivity contribution in [2.45, 2.75) is 25.2 Å². The summed E-state index contributed by atoms with van der Waals surface area (Å²) in [5, 5.41) is 2.89. The van der Waals surface area contributed by atoms with Gasteiger partial charge in [-0.15, -0.1) is 0 Å². The fraction of sp³-hybridized carbons (Fsp3) is 0.500. The van der Waals surface area contributed by atoms with Crippen molar-refractivity contribution in [1.82, 2.24) is 5.32 Å². The molecule has 0 bridgehead atoms. The molecule has 0 saturated carbocycles. The average molecular weight is 247 g/mol. The van der Waals surface area contributed by atoms with E-state index in [2.05, 4.69) is 12.2 Å². The highest BCUT2D eigenvalue weighted by atomic mass is 16.5. The maximum Gasteiger partial charge on any atom is 0.220 e. The molecule has 4 nitrogen and oxygen atoms in total. The lowest BCUT2D eigenvalue weighted by Gasteiger charge is -2.23. The van der Waals surface area contributed by atoms with E-state index in [-0.39, 0.29) is 11.3 Å². The van der Waals surface area contributed by atoms with Crippen molar-refractivity contribution in [3.63, 3.8) is 0 Å². The Hall–Kier alpha value is -1.71. The van der Waals surface area contributed by atoms with E-state index in [1.165, 1.54) is 0 Å². The Morgan fingerprint density at radius 2 is 2.00 bits per heavy atom. The van der Waals surface area contributed by atoms with Crippen LogP contribution < -0.4 is 14.8 Å². The van der Waals surface area contributed by atoms with Gasteiger partial charge in [-0.25, -0.2) is 0 Å². The zero-order valence-corrected chi connectivity index (χ0v) is 10.5. The lowest BCUT2D eigenvalue weighted by atomic mass is 9.81. The average Bonchev–Trinajstić information content (AvgIpc) is 2.60. The molecule has 1 aromatic rings. The van der Waals surface area contributed by atoms with Crippen LogP contribution in [0.4, 0.5) is 0 Å². The molecule has 1 fully saturated rings. The predicted molar refractivity (Wildman–Crippen MR) is 67.0 cm³/mol. The minimum absolute atomic E-state index is 0.115. The molecule has 96 valence electrons. The maximum absolute atomic E-state index is 11.4. The fourth-order valence-corrected chi connectivity index (χ4v) is 2.52. The summed E-state index contributed by atoms with van der Waals surface area (Å²) in [5.74, 6) is 1.72. The van der Waals surface area contributed by atoms with E-state index in [4.69, 9.17) is 9.47 Å². The van der Waals surface area contributed by atoms with E-state index in [1.54, 1.807) is 0 Å². The van der Waals surface area contributed by atoms with Gasteiger partial charge in [0.25, 0.3) is 0 Å². The number of hydrogen-bond acceptors (Lipinski definition) is 3. The maximum atomic E-state index is 11.4. The molecule has 0 spiro atoms. The van der Waals surface area contributed by atoms with Crippen molar-refractivity contribution in [3.05, 3.63) is 23.8 Å². The van der Waals surface area contributed by atoms with Crippen molar-refractivity contribution in [2.24, 2.45) is 0 Å². The topological polar surface area (TPSA) is 47.6 Å². The molecular formula is C14H17NO3. The van der Waals surface area contributed by atoms with Gasteiger partial charge in [-0.1, -0.05) is 13.0 Å². The Morgan fingerprint density at radius 3 is 2.72 bits per heavy atom. The quantitative estimate of drug-likeness (QED) is 0.820. The molecule has 1 unspecified atom stereocenters. The van der Waals surface area contributed by atoms with Crippen LogP contribution in [0.25, 0.3) is 0 Å². The Kier molecular flexibility index (Phi) is 2.65. The second-order valence-corrected chi connectivity index (χ2v) is 5.23. The summed E-state index contributed by atoms with van der Waals surface area (Å²) in [6.45, 7) is 4.17. The number of rotatable bonds is 1. The van der Waals surface area contributed by atoms with Crippen LogP contribution in [-0.4, -0.2) is 25.7 Å². The Morgan fingerprint density at radius 1 is 1.22 bits per heavy atom. The third-order valence-corrected chi connectivity index (χ3v) is 3.67. The van der Waals surface area contributed by atoms with Gasteiger partial charge in [0.2, 0.25) is 5.91 Å². The van der Waals surface area contributed by atoms with Gasteiger partial charge in [-0.2, -0.15) is 0 Å². The van der Waals surface area contributed by atoms with E-state index in [0.29, 0.717) is 26.2 Å². The van der Waals surface area contributed by atoms with Crippen LogP contribution in [0, 0.1) is 0 Å². The predicted octanol–water partition coefficient (Wildman–Crippen LogP) is 1.63. The smallest absolute Gasteiger partial charge is 0.220 e. The molecule has 2 heterocycles. The van der Waals surface area contributed by atoms with Crippen LogP contribution >= 0.6 is 0 Å². The third kappa shape index (κ3) is 1.92.